The van der Waals surface area contributed by atoms with Crippen molar-refractivity contribution < 1.29 is 9.53 Å². The van der Waals surface area contributed by atoms with Gasteiger partial charge in [-0.25, -0.2) is 0 Å². The highest BCUT2D eigenvalue weighted by Gasteiger charge is 2.35. The Morgan fingerprint density at radius 2 is 2.21 bits per heavy atom. The molecule has 0 aliphatic heterocycles. The summed E-state index contributed by atoms with van der Waals surface area (Å²) in [4.78, 5) is 12.4. The molecule has 4 heteroatoms. The van der Waals surface area contributed by atoms with E-state index in [1.165, 1.54) is 6.42 Å². The maximum Gasteiger partial charge on any atom is 0.252 e. The number of ether oxygens (including phenoxy) is 1. The number of rotatable bonds is 3. The largest absolute Gasteiger partial charge is 0.497 e. The number of hydrogen-bond donors (Lipinski definition) is 1. The first kappa shape index (κ1) is 14.4. The molecule has 1 unspecified atom stereocenters. The second kappa shape index (κ2) is 5.53. The summed E-state index contributed by atoms with van der Waals surface area (Å²) in [6, 6.07) is 5.69. The Bertz CT molecular complexity index is 485. The number of carbonyl (C=O) groups excluding carboxylic acids is 1. The van der Waals surface area contributed by atoms with Crippen LogP contribution < -0.4 is 10.1 Å². The molecule has 0 bridgehead atoms. The van der Waals surface area contributed by atoms with Crippen LogP contribution in [0, 0.1) is 5.41 Å². The van der Waals surface area contributed by atoms with Crippen LogP contribution in [-0.4, -0.2) is 19.1 Å². The molecule has 104 valence electrons. The summed E-state index contributed by atoms with van der Waals surface area (Å²) in [6.07, 6.45) is 3.40. The average molecular weight is 326 g/mol. The first-order valence-electron chi connectivity index (χ1n) is 6.58. The van der Waals surface area contributed by atoms with Crippen LogP contribution in [0.5, 0.6) is 5.75 Å². The molecule has 1 amide bonds. The summed E-state index contributed by atoms with van der Waals surface area (Å²) in [5.74, 6) is 0.657. The van der Waals surface area contributed by atoms with E-state index in [1.807, 2.05) is 12.1 Å². The number of carbonyl (C=O) groups is 1. The van der Waals surface area contributed by atoms with E-state index in [1.54, 1.807) is 13.2 Å². The minimum absolute atomic E-state index is 0.0363. The van der Waals surface area contributed by atoms with Crippen molar-refractivity contribution in [3.8, 4) is 5.75 Å². The molecule has 0 spiro atoms. The predicted molar refractivity (Wildman–Crippen MR) is 79.6 cm³/mol. The van der Waals surface area contributed by atoms with Gasteiger partial charge in [0.15, 0.2) is 0 Å². The van der Waals surface area contributed by atoms with Crippen molar-refractivity contribution in [2.45, 2.75) is 39.2 Å². The molecule has 19 heavy (non-hydrogen) atoms. The summed E-state index contributed by atoms with van der Waals surface area (Å²) >= 11 is 3.42. The van der Waals surface area contributed by atoms with Crippen LogP contribution in [0.3, 0.4) is 0 Å². The molecule has 0 saturated heterocycles. The van der Waals surface area contributed by atoms with Gasteiger partial charge in [0, 0.05) is 10.5 Å². The lowest BCUT2D eigenvalue weighted by atomic mass is 9.87. The number of nitrogens with one attached hydrogen (secondary N) is 1. The molecule has 1 aliphatic carbocycles. The van der Waals surface area contributed by atoms with E-state index in [9.17, 15) is 4.79 Å². The Labute approximate surface area is 122 Å². The van der Waals surface area contributed by atoms with E-state index in [2.05, 4.69) is 35.1 Å². The van der Waals surface area contributed by atoms with Crippen molar-refractivity contribution in [3.05, 3.63) is 28.2 Å². The molecule has 2 rings (SSSR count). The van der Waals surface area contributed by atoms with Crippen LogP contribution in [0.25, 0.3) is 0 Å². The number of halogens is 1. The summed E-state index contributed by atoms with van der Waals surface area (Å²) in [6.45, 7) is 4.43. The third-order valence-corrected chi connectivity index (χ3v) is 4.67. The first-order chi connectivity index (χ1) is 8.94. The lowest BCUT2D eigenvalue weighted by Gasteiger charge is -2.28. The number of hydrogen-bond acceptors (Lipinski definition) is 2. The molecule has 1 fully saturated rings. The van der Waals surface area contributed by atoms with Crippen LogP contribution in [0.4, 0.5) is 0 Å². The lowest BCUT2D eigenvalue weighted by molar-refractivity contribution is 0.0909. The van der Waals surface area contributed by atoms with Gasteiger partial charge in [-0.15, -0.1) is 0 Å². The smallest absolute Gasteiger partial charge is 0.252 e. The van der Waals surface area contributed by atoms with Crippen molar-refractivity contribution in [1.29, 1.82) is 0 Å². The molecule has 0 aromatic heterocycles. The van der Waals surface area contributed by atoms with Crippen LogP contribution >= 0.6 is 15.9 Å². The molecular formula is C15H20BrNO2. The SMILES string of the molecule is COc1ccc(Br)c(C(=O)NC2CCCC2(C)C)c1. The molecular weight excluding hydrogens is 306 g/mol. The number of methoxy groups -OCH3 is 1. The fourth-order valence-electron chi connectivity index (χ4n) is 2.64. The zero-order chi connectivity index (χ0) is 14.0. The highest BCUT2D eigenvalue weighted by molar-refractivity contribution is 9.10. The fourth-order valence-corrected chi connectivity index (χ4v) is 3.06. The van der Waals surface area contributed by atoms with Gasteiger partial charge in [0.25, 0.3) is 5.91 Å². The van der Waals surface area contributed by atoms with Gasteiger partial charge >= 0.3 is 0 Å². The van der Waals surface area contributed by atoms with E-state index in [0.29, 0.717) is 11.3 Å². The molecule has 0 heterocycles. The van der Waals surface area contributed by atoms with E-state index in [0.717, 1.165) is 17.3 Å². The molecule has 1 aromatic rings. The van der Waals surface area contributed by atoms with Crippen molar-refractivity contribution in [2.24, 2.45) is 5.41 Å². The third-order valence-electron chi connectivity index (χ3n) is 3.98. The normalized spacial score (nSPS) is 21.2. The Balaban J connectivity index is 2.16. The van der Waals surface area contributed by atoms with Crippen LogP contribution in [0.15, 0.2) is 22.7 Å². The number of benzene rings is 1. The molecule has 1 saturated carbocycles. The summed E-state index contributed by atoms with van der Waals surface area (Å²) in [5.41, 5.74) is 0.808. The maximum absolute atomic E-state index is 12.4. The van der Waals surface area contributed by atoms with E-state index in [-0.39, 0.29) is 17.4 Å². The molecule has 1 N–H and O–H groups in total. The minimum atomic E-state index is -0.0363. The lowest BCUT2D eigenvalue weighted by Crippen LogP contribution is -2.41. The molecule has 1 aliphatic rings. The fraction of sp³-hybridized carbons (Fsp3) is 0.533. The Hall–Kier alpha value is -1.03. The Morgan fingerprint density at radius 3 is 2.79 bits per heavy atom. The van der Waals surface area contributed by atoms with Crippen molar-refractivity contribution in [3.63, 3.8) is 0 Å². The summed E-state index contributed by atoms with van der Waals surface area (Å²) in [7, 11) is 1.60. The molecule has 1 aromatic carbocycles. The highest BCUT2D eigenvalue weighted by Crippen LogP contribution is 2.37. The van der Waals surface area contributed by atoms with Gasteiger partial charge in [-0.05, 0) is 52.4 Å². The van der Waals surface area contributed by atoms with Gasteiger partial charge in [0.05, 0.1) is 12.7 Å². The maximum atomic E-state index is 12.4. The van der Waals surface area contributed by atoms with Gasteiger partial charge in [-0.1, -0.05) is 20.3 Å². The van der Waals surface area contributed by atoms with Crippen LogP contribution in [0.2, 0.25) is 0 Å². The number of amides is 1. The highest BCUT2D eigenvalue weighted by atomic mass is 79.9. The Kier molecular flexibility index (Phi) is 4.19. The van der Waals surface area contributed by atoms with Crippen LogP contribution in [-0.2, 0) is 0 Å². The molecule has 3 nitrogen and oxygen atoms in total. The first-order valence-corrected chi connectivity index (χ1v) is 7.38. The van der Waals surface area contributed by atoms with Gasteiger partial charge in [0.1, 0.15) is 5.75 Å². The third kappa shape index (κ3) is 3.11. The zero-order valence-corrected chi connectivity index (χ0v) is 13.2. The van der Waals surface area contributed by atoms with Crippen molar-refractivity contribution >= 4 is 21.8 Å². The Morgan fingerprint density at radius 1 is 1.47 bits per heavy atom. The second-order valence-corrected chi connectivity index (χ2v) is 6.61. The molecule has 1 atom stereocenters. The van der Waals surface area contributed by atoms with Gasteiger partial charge in [-0.3, -0.25) is 4.79 Å². The van der Waals surface area contributed by atoms with Gasteiger partial charge < -0.3 is 10.1 Å². The average Bonchev–Trinajstić information content (AvgIpc) is 2.69. The molecule has 0 radical (unpaired) electrons. The zero-order valence-electron chi connectivity index (χ0n) is 11.6. The van der Waals surface area contributed by atoms with Crippen molar-refractivity contribution in [1.82, 2.24) is 5.32 Å². The van der Waals surface area contributed by atoms with Crippen LogP contribution in [0.1, 0.15) is 43.5 Å². The second-order valence-electron chi connectivity index (χ2n) is 5.75. The van der Waals surface area contributed by atoms with E-state index < -0.39 is 0 Å². The quantitative estimate of drug-likeness (QED) is 0.918. The standard InChI is InChI=1S/C15H20BrNO2/c1-15(2)8-4-5-13(15)17-14(18)11-9-10(19-3)6-7-12(11)16/h6-7,9,13H,4-5,8H2,1-3H3,(H,17,18). The monoisotopic (exact) mass is 325 g/mol. The van der Waals surface area contributed by atoms with Crippen molar-refractivity contribution in [2.75, 3.05) is 7.11 Å². The van der Waals surface area contributed by atoms with Gasteiger partial charge in [0.2, 0.25) is 0 Å². The topological polar surface area (TPSA) is 38.3 Å². The summed E-state index contributed by atoms with van der Waals surface area (Å²) < 4.78 is 5.96. The van der Waals surface area contributed by atoms with E-state index >= 15 is 0 Å². The predicted octanol–water partition coefficient (Wildman–Crippen LogP) is 3.77. The summed E-state index contributed by atoms with van der Waals surface area (Å²) in [5, 5.41) is 3.15. The van der Waals surface area contributed by atoms with Gasteiger partial charge in [-0.2, -0.15) is 0 Å². The van der Waals surface area contributed by atoms with E-state index in [4.69, 9.17) is 4.74 Å². The minimum Gasteiger partial charge on any atom is -0.497 e.